The third-order valence-electron chi connectivity index (χ3n) is 2.62. The number of benzene rings is 1. The highest BCUT2D eigenvalue weighted by molar-refractivity contribution is 5.73. The van der Waals surface area contributed by atoms with Crippen LogP contribution in [0.5, 0.6) is 5.75 Å². The number of primary amides is 1. The Bertz CT molecular complexity index is 380. The highest BCUT2D eigenvalue weighted by Gasteiger charge is 2.06. The maximum Gasteiger partial charge on any atom is 0.220 e. The van der Waals surface area contributed by atoms with Crippen LogP contribution in [0.4, 0.5) is 5.69 Å². The number of carbonyl (C=O) groups excluding carboxylic acids is 1. The highest BCUT2D eigenvalue weighted by Crippen LogP contribution is 2.25. The molecule has 0 spiro atoms. The number of carbonyl (C=O) groups is 1. The van der Waals surface area contributed by atoms with Gasteiger partial charge in [0, 0.05) is 6.04 Å². The van der Waals surface area contributed by atoms with Crippen molar-refractivity contribution in [2.75, 3.05) is 11.9 Å². The summed E-state index contributed by atoms with van der Waals surface area (Å²) in [6.45, 7) is 4.62. The molecule has 1 rings (SSSR count). The molecule has 0 saturated heterocycles. The zero-order valence-corrected chi connectivity index (χ0v) is 11.1. The number of anilines is 1. The molecule has 4 heteroatoms. The van der Waals surface area contributed by atoms with Gasteiger partial charge in [-0.25, -0.2) is 0 Å². The van der Waals surface area contributed by atoms with Crippen molar-refractivity contribution in [3.05, 3.63) is 24.3 Å². The van der Waals surface area contributed by atoms with Gasteiger partial charge in [-0.05, 0) is 25.5 Å². The first kappa shape index (κ1) is 14.4. The summed E-state index contributed by atoms with van der Waals surface area (Å²) in [4.78, 5) is 10.7. The Kier molecular flexibility index (Phi) is 6.05. The number of ether oxygens (including phenoxy) is 1. The van der Waals surface area contributed by atoms with E-state index in [2.05, 4.69) is 19.2 Å². The summed E-state index contributed by atoms with van der Waals surface area (Å²) in [6, 6.07) is 8.14. The molecule has 0 fully saturated rings. The number of hydrogen-bond donors (Lipinski definition) is 2. The van der Waals surface area contributed by atoms with Gasteiger partial charge in [0.15, 0.2) is 0 Å². The largest absolute Gasteiger partial charge is 0.491 e. The van der Waals surface area contributed by atoms with Crippen LogP contribution in [0, 0.1) is 0 Å². The lowest BCUT2D eigenvalue weighted by Crippen LogP contribution is -2.17. The molecule has 0 saturated carbocycles. The van der Waals surface area contributed by atoms with E-state index in [1.54, 1.807) is 0 Å². The number of rotatable bonds is 8. The molecule has 1 unspecified atom stereocenters. The summed E-state index contributed by atoms with van der Waals surface area (Å²) in [5.41, 5.74) is 6.04. The van der Waals surface area contributed by atoms with Crippen LogP contribution in [0.1, 0.15) is 33.1 Å². The molecule has 3 N–H and O–H groups in total. The van der Waals surface area contributed by atoms with Crippen molar-refractivity contribution in [2.24, 2.45) is 5.73 Å². The fourth-order valence-corrected chi connectivity index (χ4v) is 1.74. The van der Waals surface area contributed by atoms with Crippen LogP contribution in [0.15, 0.2) is 24.3 Å². The lowest BCUT2D eigenvalue weighted by atomic mass is 10.2. The second kappa shape index (κ2) is 7.58. The van der Waals surface area contributed by atoms with E-state index in [9.17, 15) is 4.79 Å². The van der Waals surface area contributed by atoms with Crippen LogP contribution >= 0.6 is 0 Å². The van der Waals surface area contributed by atoms with E-state index in [0.29, 0.717) is 12.6 Å². The Labute approximate surface area is 109 Å². The average Bonchev–Trinajstić information content (AvgIpc) is 2.31. The maximum absolute atomic E-state index is 10.7. The van der Waals surface area contributed by atoms with Gasteiger partial charge in [-0.1, -0.05) is 25.5 Å². The van der Waals surface area contributed by atoms with Crippen LogP contribution in [0.3, 0.4) is 0 Å². The van der Waals surface area contributed by atoms with Crippen LogP contribution in [0.25, 0.3) is 0 Å². The summed E-state index contributed by atoms with van der Waals surface area (Å²) in [7, 11) is 0. The van der Waals surface area contributed by atoms with E-state index < -0.39 is 0 Å². The molecule has 0 radical (unpaired) electrons. The molecule has 1 amide bonds. The van der Waals surface area contributed by atoms with Gasteiger partial charge in [-0.2, -0.15) is 0 Å². The van der Waals surface area contributed by atoms with Gasteiger partial charge in [0.1, 0.15) is 5.75 Å². The van der Waals surface area contributed by atoms with Gasteiger partial charge in [0.2, 0.25) is 5.91 Å². The van der Waals surface area contributed by atoms with Crippen molar-refractivity contribution in [1.29, 1.82) is 0 Å². The number of nitrogens with two attached hydrogens (primary N) is 1. The summed E-state index contributed by atoms with van der Waals surface area (Å²) in [5, 5.41) is 3.41. The van der Waals surface area contributed by atoms with Gasteiger partial charge in [-0.3, -0.25) is 4.79 Å². The Morgan fingerprint density at radius 3 is 2.83 bits per heavy atom. The van der Waals surface area contributed by atoms with Crippen molar-refractivity contribution < 1.29 is 9.53 Å². The van der Waals surface area contributed by atoms with Crippen LogP contribution in [-0.2, 0) is 4.79 Å². The minimum absolute atomic E-state index is 0.235. The van der Waals surface area contributed by atoms with Crippen molar-refractivity contribution in [3.8, 4) is 5.75 Å². The number of nitrogens with one attached hydrogen (secondary N) is 1. The van der Waals surface area contributed by atoms with E-state index in [1.165, 1.54) is 0 Å². The molecule has 0 aliphatic heterocycles. The highest BCUT2D eigenvalue weighted by atomic mass is 16.5. The standard InChI is InChI=1S/C14H22N2O2/c1-3-6-11(2)16-12-7-4-5-8-13(12)18-10-9-14(15)17/h4-5,7-8,11,16H,3,6,9-10H2,1-2H3,(H2,15,17). The Morgan fingerprint density at radius 1 is 1.44 bits per heavy atom. The molecule has 1 atom stereocenters. The number of para-hydroxylation sites is 2. The summed E-state index contributed by atoms with van der Waals surface area (Å²) in [5.74, 6) is 0.418. The van der Waals surface area contributed by atoms with E-state index >= 15 is 0 Å². The minimum Gasteiger partial charge on any atom is -0.491 e. The molecule has 0 heterocycles. The lowest BCUT2D eigenvalue weighted by Gasteiger charge is -2.17. The molecule has 0 aliphatic rings. The van der Waals surface area contributed by atoms with Gasteiger partial charge in [0.25, 0.3) is 0 Å². The molecule has 1 aromatic carbocycles. The summed E-state index contributed by atoms with van der Waals surface area (Å²) >= 11 is 0. The first-order valence-electron chi connectivity index (χ1n) is 6.40. The zero-order valence-electron chi connectivity index (χ0n) is 11.1. The SMILES string of the molecule is CCCC(C)Nc1ccccc1OCCC(N)=O. The van der Waals surface area contributed by atoms with Crippen molar-refractivity contribution >= 4 is 11.6 Å². The molecule has 4 nitrogen and oxygen atoms in total. The predicted octanol–water partition coefficient (Wildman–Crippen LogP) is 2.54. The van der Waals surface area contributed by atoms with E-state index in [0.717, 1.165) is 24.3 Å². The first-order chi connectivity index (χ1) is 8.63. The zero-order chi connectivity index (χ0) is 13.4. The van der Waals surface area contributed by atoms with Gasteiger partial charge in [-0.15, -0.1) is 0 Å². The monoisotopic (exact) mass is 250 g/mol. The van der Waals surface area contributed by atoms with Crippen molar-refractivity contribution in [2.45, 2.75) is 39.2 Å². The Hall–Kier alpha value is -1.71. The topological polar surface area (TPSA) is 64.3 Å². The molecule has 100 valence electrons. The third-order valence-corrected chi connectivity index (χ3v) is 2.62. The number of hydrogen-bond acceptors (Lipinski definition) is 3. The number of amides is 1. The fraction of sp³-hybridized carbons (Fsp3) is 0.500. The lowest BCUT2D eigenvalue weighted by molar-refractivity contribution is -0.118. The van der Waals surface area contributed by atoms with Crippen molar-refractivity contribution in [3.63, 3.8) is 0 Å². The van der Waals surface area contributed by atoms with Crippen molar-refractivity contribution in [1.82, 2.24) is 0 Å². The fourth-order valence-electron chi connectivity index (χ4n) is 1.74. The molecular formula is C14H22N2O2. The molecular weight excluding hydrogens is 228 g/mol. The second-order valence-electron chi connectivity index (χ2n) is 4.39. The Morgan fingerprint density at radius 2 is 2.17 bits per heavy atom. The normalized spacial score (nSPS) is 11.9. The van der Waals surface area contributed by atoms with Gasteiger partial charge in [0.05, 0.1) is 18.7 Å². The van der Waals surface area contributed by atoms with E-state index in [1.807, 2.05) is 24.3 Å². The third kappa shape index (κ3) is 5.08. The van der Waals surface area contributed by atoms with E-state index in [-0.39, 0.29) is 12.3 Å². The quantitative estimate of drug-likeness (QED) is 0.745. The summed E-state index contributed by atoms with van der Waals surface area (Å²) in [6.07, 6.45) is 2.48. The maximum atomic E-state index is 10.7. The van der Waals surface area contributed by atoms with E-state index in [4.69, 9.17) is 10.5 Å². The van der Waals surface area contributed by atoms with Crippen LogP contribution < -0.4 is 15.8 Å². The molecule has 1 aromatic rings. The molecule has 18 heavy (non-hydrogen) atoms. The molecule has 0 bridgehead atoms. The second-order valence-corrected chi connectivity index (χ2v) is 4.39. The molecule has 0 aliphatic carbocycles. The van der Waals surface area contributed by atoms with Crippen LogP contribution in [0.2, 0.25) is 0 Å². The predicted molar refractivity (Wildman–Crippen MR) is 73.7 cm³/mol. The van der Waals surface area contributed by atoms with Crippen LogP contribution in [-0.4, -0.2) is 18.6 Å². The van der Waals surface area contributed by atoms with Gasteiger partial charge >= 0.3 is 0 Å². The molecule has 0 aromatic heterocycles. The van der Waals surface area contributed by atoms with Gasteiger partial charge < -0.3 is 15.8 Å². The Balaban J connectivity index is 2.58. The first-order valence-corrected chi connectivity index (χ1v) is 6.40. The average molecular weight is 250 g/mol. The minimum atomic E-state index is -0.347. The smallest absolute Gasteiger partial charge is 0.220 e. The summed E-state index contributed by atoms with van der Waals surface area (Å²) < 4.78 is 5.56.